The Labute approximate surface area is 189 Å². The zero-order chi connectivity index (χ0) is 22.9. The van der Waals surface area contributed by atoms with Crippen LogP contribution in [-0.2, 0) is 11.2 Å². The second kappa shape index (κ2) is 8.68. The number of carbonyl (C=O) groups excluding carboxylic acids is 1. The average molecular weight is 438 g/mol. The number of nitrogens with one attached hydrogen (secondary N) is 2. The van der Waals surface area contributed by atoms with E-state index in [2.05, 4.69) is 32.7 Å². The van der Waals surface area contributed by atoms with Crippen LogP contribution in [0.4, 0.5) is 22.2 Å². The monoisotopic (exact) mass is 437 g/mol. The van der Waals surface area contributed by atoms with Crippen molar-refractivity contribution in [3.8, 4) is 5.75 Å². The fourth-order valence-electron chi connectivity index (χ4n) is 4.02. The molecule has 0 spiro atoms. The lowest BCUT2D eigenvalue weighted by Gasteiger charge is -2.35. The van der Waals surface area contributed by atoms with Crippen LogP contribution in [0.3, 0.4) is 0 Å². The predicted molar refractivity (Wildman–Crippen MR) is 125 cm³/mol. The molecule has 1 amide bonds. The van der Waals surface area contributed by atoms with E-state index in [1.807, 2.05) is 53.0 Å². The topological polar surface area (TPSA) is 88.6 Å². The Hall–Kier alpha value is -3.29. The van der Waals surface area contributed by atoms with E-state index in [1.54, 1.807) is 4.90 Å². The molecule has 1 unspecified atom stereocenters. The molecule has 8 nitrogen and oxygen atoms in total. The highest BCUT2D eigenvalue weighted by molar-refractivity contribution is 5.71. The number of ether oxygens (including phenoxy) is 2. The Kier molecular flexibility index (Phi) is 5.95. The Balaban J connectivity index is 1.69. The molecular weight excluding hydrogens is 406 g/mol. The van der Waals surface area contributed by atoms with Crippen LogP contribution in [-0.4, -0.2) is 46.8 Å². The van der Waals surface area contributed by atoms with Gasteiger partial charge in [0.25, 0.3) is 0 Å². The van der Waals surface area contributed by atoms with E-state index in [4.69, 9.17) is 9.47 Å². The number of anilines is 3. The molecule has 8 heteroatoms. The molecule has 170 valence electrons. The minimum absolute atomic E-state index is 0.172. The molecule has 1 aromatic carbocycles. The van der Waals surface area contributed by atoms with Crippen molar-refractivity contribution in [2.75, 3.05) is 30.8 Å². The minimum Gasteiger partial charge on any atom is -0.493 e. The summed E-state index contributed by atoms with van der Waals surface area (Å²) in [6, 6.07) is 5.83. The summed E-state index contributed by atoms with van der Waals surface area (Å²) in [5.41, 5.74) is 3.27. The van der Waals surface area contributed by atoms with Crippen LogP contribution in [0.2, 0.25) is 0 Å². The van der Waals surface area contributed by atoms with Crippen molar-refractivity contribution in [3.05, 3.63) is 47.2 Å². The second-order valence-electron chi connectivity index (χ2n) is 9.10. The average Bonchev–Trinajstić information content (AvgIpc) is 3.20. The smallest absolute Gasteiger partial charge is 0.411 e. The zero-order valence-corrected chi connectivity index (χ0v) is 19.4. The van der Waals surface area contributed by atoms with Crippen molar-refractivity contribution in [1.82, 2.24) is 14.9 Å². The fourth-order valence-corrected chi connectivity index (χ4v) is 4.02. The van der Waals surface area contributed by atoms with Gasteiger partial charge in [-0.05, 0) is 51.8 Å². The van der Waals surface area contributed by atoms with Crippen LogP contribution < -0.4 is 15.4 Å². The first-order chi connectivity index (χ1) is 15.2. The number of carbonyl (C=O) groups is 1. The molecule has 2 N–H and O–H groups in total. The van der Waals surface area contributed by atoms with Gasteiger partial charge < -0.3 is 20.1 Å². The van der Waals surface area contributed by atoms with Gasteiger partial charge in [0, 0.05) is 43.0 Å². The summed E-state index contributed by atoms with van der Waals surface area (Å²) < 4.78 is 11.7. The molecule has 1 aromatic heterocycles. The van der Waals surface area contributed by atoms with Gasteiger partial charge in [-0.3, -0.25) is 4.90 Å². The molecule has 0 radical (unpaired) electrons. The third-order valence-electron chi connectivity index (χ3n) is 5.37. The molecule has 2 aliphatic heterocycles. The number of rotatable bonds is 4. The summed E-state index contributed by atoms with van der Waals surface area (Å²) in [4.78, 5) is 23.8. The number of fused-ring (bicyclic) bond motifs is 1. The highest BCUT2D eigenvalue weighted by Gasteiger charge is 2.33. The quantitative estimate of drug-likeness (QED) is 0.668. The Morgan fingerprint density at radius 2 is 2.03 bits per heavy atom. The van der Waals surface area contributed by atoms with Gasteiger partial charge in [-0.2, -0.15) is 4.98 Å². The molecule has 0 saturated heterocycles. The van der Waals surface area contributed by atoms with Gasteiger partial charge >= 0.3 is 6.09 Å². The molecule has 0 saturated carbocycles. The second-order valence-corrected chi connectivity index (χ2v) is 9.10. The van der Waals surface area contributed by atoms with Crippen LogP contribution in [0.15, 0.2) is 30.4 Å². The van der Waals surface area contributed by atoms with Gasteiger partial charge in [0.05, 0.1) is 12.6 Å². The van der Waals surface area contributed by atoms with E-state index in [0.29, 0.717) is 25.5 Å². The molecule has 4 rings (SSSR count). The van der Waals surface area contributed by atoms with E-state index < -0.39 is 5.60 Å². The van der Waals surface area contributed by atoms with E-state index in [0.717, 1.165) is 40.5 Å². The minimum atomic E-state index is -0.557. The summed E-state index contributed by atoms with van der Waals surface area (Å²) in [6.45, 7) is 8.71. The number of nitrogens with zero attached hydrogens (tertiary/aromatic N) is 3. The van der Waals surface area contributed by atoms with Crippen LogP contribution in [0.5, 0.6) is 5.75 Å². The molecule has 0 bridgehead atoms. The number of amides is 1. The normalized spacial score (nSPS) is 17.5. The predicted octanol–water partition coefficient (Wildman–Crippen LogP) is 4.74. The molecule has 2 aliphatic rings. The summed E-state index contributed by atoms with van der Waals surface area (Å²) in [5.74, 6) is 2.13. The van der Waals surface area contributed by atoms with Gasteiger partial charge in [0.1, 0.15) is 17.2 Å². The van der Waals surface area contributed by atoms with E-state index in [-0.39, 0.29) is 12.1 Å². The molecule has 3 heterocycles. The van der Waals surface area contributed by atoms with Crippen molar-refractivity contribution >= 4 is 23.5 Å². The Bertz CT molecular complexity index is 1040. The largest absolute Gasteiger partial charge is 0.493 e. The first-order valence-electron chi connectivity index (χ1n) is 11.0. The van der Waals surface area contributed by atoms with Crippen LogP contribution in [0.25, 0.3) is 0 Å². The fraction of sp³-hybridized carbons (Fsp3) is 0.458. The molecule has 32 heavy (non-hydrogen) atoms. The Morgan fingerprint density at radius 1 is 1.22 bits per heavy atom. The molecule has 0 fully saturated rings. The van der Waals surface area contributed by atoms with E-state index in [1.165, 1.54) is 0 Å². The zero-order valence-electron chi connectivity index (χ0n) is 19.4. The van der Waals surface area contributed by atoms with Crippen LogP contribution in [0, 0.1) is 6.92 Å². The Morgan fingerprint density at radius 3 is 2.78 bits per heavy atom. The molecule has 2 aromatic rings. The van der Waals surface area contributed by atoms with Crippen molar-refractivity contribution in [1.29, 1.82) is 0 Å². The lowest BCUT2D eigenvalue weighted by molar-refractivity contribution is 0.0174. The third kappa shape index (κ3) is 4.79. The summed E-state index contributed by atoms with van der Waals surface area (Å²) in [7, 11) is 1.83. The van der Waals surface area contributed by atoms with Gasteiger partial charge in [-0.25, -0.2) is 9.78 Å². The lowest BCUT2D eigenvalue weighted by Crippen LogP contribution is -2.40. The maximum Gasteiger partial charge on any atom is 0.411 e. The number of aryl methyl sites for hydroxylation is 1. The summed E-state index contributed by atoms with van der Waals surface area (Å²) in [5, 5.41) is 6.40. The molecule has 0 aliphatic carbocycles. The third-order valence-corrected chi connectivity index (χ3v) is 5.37. The first kappa shape index (κ1) is 21.9. The van der Waals surface area contributed by atoms with Crippen LogP contribution in [0.1, 0.15) is 50.1 Å². The number of aromatic nitrogens is 2. The first-order valence-corrected chi connectivity index (χ1v) is 11.0. The maximum absolute atomic E-state index is 13.0. The maximum atomic E-state index is 13.0. The van der Waals surface area contributed by atoms with Gasteiger partial charge in [-0.1, -0.05) is 12.2 Å². The summed E-state index contributed by atoms with van der Waals surface area (Å²) in [6.07, 6.45) is 5.31. The highest BCUT2D eigenvalue weighted by Crippen LogP contribution is 2.41. The molecule has 1 atom stereocenters. The van der Waals surface area contributed by atoms with Crippen LogP contribution >= 0.6 is 0 Å². The molecular formula is C24H31N5O3. The van der Waals surface area contributed by atoms with E-state index in [9.17, 15) is 4.79 Å². The van der Waals surface area contributed by atoms with Crippen molar-refractivity contribution in [2.24, 2.45) is 0 Å². The van der Waals surface area contributed by atoms with Crippen molar-refractivity contribution in [2.45, 2.75) is 52.2 Å². The number of benzene rings is 1. The van der Waals surface area contributed by atoms with Crippen molar-refractivity contribution < 1.29 is 14.3 Å². The number of hydrogen-bond donors (Lipinski definition) is 2. The SMILES string of the molecule is CNc1cc(C)nc(Nc2cc3c(c(C4CC=CCN4C(=O)OC(C)(C)C)c2)OCC3)n1. The highest BCUT2D eigenvalue weighted by atomic mass is 16.6. The standard InChI is InChI=1S/C24H31N5O3/c1-15-12-20(25-5)28-22(26-15)27-17-13-16-9-11-31-21(16)18(14-17)19-8-6-7-10-29(19)23(30)32-24(2,3)4/h6-7,12-14,19H,8-11H2,1-5H3,(H2,25,26,27,28). The summed E-state index contributed by atoms with van der Waals surface area (Å²) >= 11 is 0. The van der Waals surface area contributed by atoms with Gasteiger partial charge in [0.2, 0.25) is 5.95 Å². The van der Waals surface area contributed by atoms with Gasteiger partial charge in [0.15, 0.2) is 0 Å². The lowest BCUT2D eigenvalue weighted by atomic mass is 9.95. The van der Waals surface area contributed by atoms with Gasteiger partial charge in [-0.15, -0.1) is 0 Å². The number of hydrogen-bond acceptors (Lipinski definition) is 7. The van der Waals surface area contributed by atoms with Crippen molar-refractivity contribution in [3.63, 3.8) is 0 Å². The van der Waals surface area contributed by atoms with E-state index >= 15 is 0 Å².